The molecule has 1 heterocycles. The van der Waals surface area contributed by atoms with Gasteiger partial charge in [0.2, 0.25) is 0 Å². The first-order chi connectivity index (χ1) is 9.61. The zero-order chi connectivity index (χ0) is 14.5. The van der Waals surface area contributed by atoms with Gasteiger partial charge in [-0.15, -0.1) is 0 Å². The van der Waals surface area contributed by atoms with Crippen LogP contribution in [0.1, 0.15) is 13.3 Å². The summed E-state index contributed by atoms with van der Waals surface area (Å²) < 4.78 is 21.6. The molecule has 0 spiro atoms. The van der Waals surface area contributed by atoms with E-state index in [1.165, 1.54) is 12.3 Å². The molecule has 20 heavy (non-hydrogen) atoms. The van der Waals surface area contributed by atoms with Crippen molar-refractivity contribution < 1.29 is 13.6 Å². The summed E-state index contributed by atoms with van der Waals surface area (Å²) in [7, 11) is -2.78. The maximum absolute atomic E-state index is 11.6. The lowest BCUT2D eigenvalue weighted by molar-refractivity contribution is 0.384. The Balaban J connectivity index is 2.33. The summed E-state index contributed by atoms with van der Waals surface area (Å²) in [5.74, 6) is 0.171. The van der Waals surface area contributed by atoms with Crippen LogP contribution >= 0.6 is 8.25 Å². The lowest BCUT2D eigenvalue weighted by Gasteiger charge is -2.07. The predicted molar refractivity (Wildman–Crippen MR) is 75.3 cm³/mol. The summed E-state index contributed by atoms with van der Waals surface area (Å²) >= 11 is 0. The average molecular weight is 296 g/mol. The summed E-state index contributed by atoms with van der Waals surface area (Å²) in [6.07, 6.45) is 3.74. The molecule has 0 amide bonds. The number of allylic oxidation sites excluding steroid dienone is 1. The van der Waals surface area contributed by atoms with Crippen LogP contribution in [0.2, 0.25) is 0 Å². The molecule has 1 atom stereocenters. The van der Waals surface area contributed by atoms with E-state index in [1.807, 2.05) is 6.92 Å². The molecule has 2 rings (SSSR count). The first-order valence-electron chi connectivity index (χ1n) is 5.90. The molecule has 0 saturated heterocycles. The third-order valence-corrected chi connectivity index (χ3v) is 3.12. The summed E-state index contributed by atoms with van der Waals surface area (Å²) in [6.45, 7) is 1.91. The second-order valence-electron chi connectivity index (χ2n) is 3.84. The third kappa shape index (κ3) is 3.19. The Kier molecular flexibility index (Phi) is 4.42. The van der Waals surface area contributed by atoms with E-state index < -0.39 is 19.4 Å². The van der Waals surface area contributed by atoms with Gasteiger partial charge in [-0.25, -0.2) is 4.57 Å². The molecule has 2 N–H and O–H groups in total. The zero-order valence-electron chi connectivity index (χ0n) is 10.6. The Labute approximate surface area is 114 Å². The van der Waals surface area contributed by atoms with Crippen molar-refractivity contribution in [3.05, 3.63) is 51.2 Å². The van der Waals surface area contributed by atoms with Crippen LogP contribution in [0.25, 0.3) is 11.0 Å². The van der Waals surface area contributed by atoms with Crippen LogP contribution in [0.3, 0.4) is 0 Å². The van der Waals surface area contributed by atoms with Gasteiger partial charge < -0.3 is 19.0 Å². The zero-order valence-corrected chi connectivity index (χ0v) is 11.6. The number of hydrogen-bond donors (Lipinski definition) is 2. The first kappa shape index (κ1) is 14.1. The Bertz CT molecular complexity index is 777. The molecule has 0 aliphatic carbocycles. The molecule has 1 aromatic heterocycles. The van der Waals surface area contributed by atoms with Crippen molar-refractivity contribution in [2.24, 2.45) is 0 Å². The summed E-state index contributed by atoms with van der Waals surface area (Å²) in [5.41, 5.74) is -0.922. The molecule has 1 unspecified atom stereocenters. The fraction of sp³-hybridized carbons (Fsp3) is 0.167. The fourth-order valence-corrected chi connectivity index (χ4v) is 2.12. The number of benzene rings is 1. The van der Waals surface area contributed by atoms with E-state index >= 15 is 0 Å². The van der Waals surface area contributed by atoms with E-state index in [4.69, 9.17) is 9.05 Å². The van der Waals surface area contributed by atoms with Gasteiger partial charge >= 0.3 is 19.4 Å². The Hall–Kier alpha value is -2.27. The van der Waals surface area contributed by atoms with Crippen molar-refractivity contribution in [3.8, 4) is 5.75 Å². The van der Waals surface area contributed by atoms with Crippen molar-refractivity contribution in [2.45, 2.75) is 13.3 Å². The highest BCUT2D eigenvalue weighted by Crippen LogP contribution is 2.31. The minimum absolute atomic E-state index is 0.171. The monoisotopic (exact) mass is 296 g/mol. The van der Waals surface area contributed by atoms with E-state index in [2.05, 4.69) is 9.97 Å². The molecule has 7 nitrogen and oxygen atoms in total. The predicted octanol–water partition coefficient (Wildman–Crippen LogP) is 1.93. The van der Waals surface area contributed by atoms with Gasteiger partial charge in [0.1, 0.15) is 5.52 Å². The van der Waals surface area contributed by atoms with Crippen LogP contribution in [0.15, 0.2) is 40.1 Å². The number of para-hydroxylation sites is 1. The van der Waals surface area contributed by atoms with Gasteiger partial charge in [-0.1, -0.05) is 13.0 Å². The molecular weight excluding hydrogens is 283 g/mol. The number of aromatic amines is 2. The van der Waals surface area contributed by atoms with Crippen LogP contribution in [0.4, 0.5) is 0 Å². The van der Waals surface area contributed by atoms with E-state index in [0.29, 0.717) is 5.52 Å². The lowest BCUT2D eigenvalue weighted by atomic mass is 10.3. The quantitative estimate of drug-likeness (QED) is 0.498. The second-order valence-corrected chi connectivity index (χ2v) is 4.78. The van der Waals surface area contributed by atoms with Gasteiger partial charge in [-0.2, -0.15) is 0 Å². The number of fused-ring (bicyclic) bond motifs is 1. The molecule has 2 aromatic rings. The molecule has 106 valence electrons. The first-order valence-corrected chi connectivity index (χ1v) is 7.13. The van der Waals surface area contributed by atoms with Gasteiger partial charge in [0.05, 0.1) is 11.8 Å². The Morgan fingerprint density at radius 1 is 1.25 bits per heavy atom. The maximum atomic E-state index is 11.6. The van der Waals surface area contributed by atoms with Crippen molar-refractivity contribution in [2.75, 3.05) is 0 Å². The molecule has 1 aromatic carbocycles. The van der Waals surface area contributed by atoms with Crippen LogP contribution < -0.4 is 15.6 Å². The van der Waals surface area contributed by atoms with Crippen LogP contribution in [-0.2, 0) is 9.09 Å². The van der Waals surface area contributed by atoms with Crippen LogP contribution in [0.5, 0.6) is 5.75 Å². The Morgan fingerprint density at radius 3 is 2.75 bits per heavy atom. The van der Waals surface area contributed by atoms with E-state index in [1.54, 1.807) is 18.2 Å². The molecule has 0 radical (unpaired) electrons. The normalized spacial score (nSPS) is 12.7. The molecule has 0 fully saturated rings. The molecule has 0 aliphatic rings. The summed E-state index contributed by atoms with van der Waals surface area (Å²) in [4.78, 5) is 27.3. The second kappa shape index (κ2) is 6.25. The number of rotatable bonds is 5. The van der Waals surface area contributed by atoms with Crippen molar-refractivity contribution in [3.63, 3.8) is 0 Å². The van der Waals surface area contributed by atoms with Gasteiger partial charge in [0, 0.05) is 0 Å². The topological polar surface area (TPSA) is 101 Å². The van der Waals surface area contributed by atoms with Crippen molar-refractivity contribution in [1.82, 2.24) is 9.97 Å². The molecule has 0 bridgehead atoms. The van der Waals surface area contributed by atoms with Gasteiger partial charge in [0.25, 0.3) is 0 Å². The molecule has 8 heteroatoms. The highest BCUT2D eigenvalue weighted by atomic mass is 31.1. The largest absolute Gasteiger partial charge is 0.426 e. The minimum Gasteiger partial charge on any atom is -0.426 e. The van der Waals surface area contributed by atoms with E-state index in [-0.39, 0.29) is 11.3 Å². The van der Waals surface area contributed by atoms with Gasteiger partial charge in [-0.3, -0.25) is 9.59 Å². The Morgan fingerprint density at radius 2 is 2.00 bits per heavy atom. The summed E-state index contributed by atoms with van der Waals surface area (Å²) in [5, 5.41) is 0. The highest BCUT2D eigenvalue weighted by Gasteiger charge is 2.08. The van der Waals surface area contributed by atoms with Crippen molar-refractivity contribution in [1.29, 1.82) is 0 Å². The maximum Gasteiger partial charge on any atom is 0.418 e. The average Bonchev–Trinajstić information content (AvgIpc) is 2.41. The SMILES string of the molecule is CCC=CO[PH](=O)Oc1cccc2[nH]c(=O)c(=O)[nH]c12. The smallest absolute Gasteiger partial charge is 0.418 e. The summed E-state index contributed by atoms with van der Waals surface area (Å²) in [6, 6.07) is 4.71. The van der Waals surface area contributed by atoms with Gasteiger partial charge in [0.15, 0.2) is 5.75 Å². The number of nitrogens with one attached hydrogen (secondary N) is 2. The number of H-pyrrole nitrogens is 2. The number of aromatic nitrogens is 2. The van der Waals surface area contributed by atoms with Gasteiger partial charge in [-0.05, 0) is 24.6 Å². The molecular formula is C12H13N2O5P. The highest BCUT2D eigenvalue weighted by molar-refractivity contribution is 7.33. The van der Waals surface area contributed by atoms with Crippen LogP contribution in [0, 0.1) is 0 Å². The van der Waals surface area contributed by atoms with E-state index in [0.717, 1.165) is 6.42 Å². The van der Waals surface area contributed by atoms with E-state index in [9.17, 15) is 14.2 Å². The standard InChI is InChI=1S/C12H13N2O5P/c1-2-3-7-18-20(17)19-9-6-4-5-8-10(9)14-12(16)11(15)13-8/h3-7,20H,2H2,1H3,(H,13,15)(H,14,16). The van der Waals surface area contributed by atoms with Crippen LogP contribution in [-0.4, -0.2) is 9.97 Å². The third-order valence-electron chi connectivity index (χ3n) is 2.41. The fourth-order valence-electron chi connectivity index (χ4n) is 1.51. The lowest BCUT2D eigenvalue weighted by Crippen LogP contribution is -2.28. The molecule has 0 saturated carbocycles. The molecule has 0 aliphatic heterocycles. The van der Waals surface area contributed by atoms with Crippen molar-refractivity contribution >= 4 is 19.3 Å². The number of hydrogen-bond acceptors (Lipinski definition) is 5. The minimum atomic E-state index is -2.78.